The van der Waals surface area contributed by atoms with E-state index < -0.39 is 77.8 Å². The minimum Gasteiger partial charge on any atom is -0.480 e. The summed E-state index contributed by atoms with van der Waals surface area (Å²) in [5.74, 6) is -4.90. The van der Waals surface area contributed by atoms with Gasteiger partial charge in [-0.15, -0.1) is 0 Å². The summed E-state index contributed by atoms with van der Waals surface area (Å²) in [6.07, 6.45) is 1.52. The predicted molar refractivity (Wildman–Crippen MR) is 258 cm³/mol. The van der Waals surface area contributed by atoms with E-state index in [1.807, 2.05) is 82.3 Å². The van der Waals surface area contributed by atoms with Crippen LogP contribution in [0.25, 0.3) is 11.1 Å². The summed E-state index contributed by atoms with van der Waals surface area (Å²) in [5, 5.41) is 30.8. The standard InChI is InChI=1S/C51H67N9O9/c1-30(2)27-39(44(61)55-38(49(66)67)21-12-24-54-50(52)53)56-45(62)40(28-32-15-6-5-7-16-32)57-46(63)41-22-13-25-59(41)47(64)42-23-14-26-60(42)48(65)43(31(3)4)58-51(68)69-29-37-35-19-10-8-17-33(35)34-18-9-11-20-36(34)37/h5-11,15-20,30-31,37-43H,12-14,21-29H2,1-4H3,(H,55,61)(H,56,62)(H,57,63)(H,58,68)(H,66,67)(H4,52,53,54)/t38-,39-,40-,41-,42-,43-/m0/s1. The first-order valence-electron chi connectivity index (χ1n) is 24.0. The maximum absolute atomic E-state index is 14.5. The van der Waals surface area contributed by atoms with E-state index in [1.54, 1.807) is 24.3 Å². The van der Waals surface area contributed by atoms with Crippen molar-refractivity contribution >= 4 is 47.6 Å². The molecule has 2 fully saturated rings. The summed E-state index contributed by atoms with van der Waals surface area (Å²) in [4.78, 5) is 99.4. The molecule has 3 aromatic carbocycles. The predicted octanol–water partition coefficient (Wildman–Crippen LogP) is 3.62. The minimum atomic E-state index is -1.27. The number of likely N-dealkylation sites (tertiary alicyclic amines) is 2. The Morgan fingerprint density at radius 1 is 0.739 bits per heavy atom. The molecule has 0 aromatic heterocycles. The highest BCUT2D eigenvalue weighted by Crippen LogP contribution is 2.44. The number of carbonyl (C=O) groups excluding carboxylic acids is 6. The van der Waals surface area contributed by atoms with Crippen molar-refractivity contribution in [1.82, 2.24) is 36.4 Å². The highest BCUT2D eigenvalue weighted by atomic mass is 16.5. The number of ether oxygens (including phenoxy) is 1. The molecule has 6 atom stereocenters. The molecule has 2 saturated heterocycles. The molecule has 18 nitrogen and oxygen atoms in total. The molecular weight excluding hydrogens is 883 g/mol. The number of nitrogens with one attached hydrogen (secondary N) is 6. The van der Waals surface area contributed by atoms with Crippen LogP contribution in [0.2, 0.25) is 0 Å². The van der Waals surface area contributed by atoms with Gasteiger partial charge in [0.25, 0.3) is 0 Å². The molecule has 69 heavy (non-hydrogen) atoms. The zero-order chi connectivity index (χ0) is 49.8. The number of hydrogen-bond donors (Lipinski definition) is 8. The van der Waals surface area contributed by atoms with Gasteiger partial charge in [-0.1, -0.05) is 107 Å². The van der Waals surface area contributed by atoms with Crippen molar-refractivity contribution in [2.45, 2.75) is 121 Å². The maximum atomic E-state index is 14.5. The first-order valence-corrected chi connectivity index (χ1v) is 24.0. The zero-order valence-electron chi connectivity index (χ0n) is 39.9. The van der Waals surface area contributed by atoms with Crippen molar-refractivity contribution in [1.29, 1.82) is 5.41 Å². The highest BCUT2D eigenvalue weighted by molar-refractivity contribution is 5.97. The van der Waals surface area contributed by atoms with Gasteiger partial charge in [-0.2, -0.15) is 0 Å². The smallest absolute Gasteiger partial charge is 0.407 e. The van der Waals surface area contributed by atoms with Crippen LogP contribution in [0.15, 0.2) is 78.9 Å². The summed E-state index contributed by atoms with van der Waals surface area (Å²) >= 11 is 0. The van der Waals surface area contributed by atoms with Crippen LogP contribution in [0.4, 0.5) is 4.79 Å². The SMILES string of the molecule is CC(C)C[C@H](NC(=O)[C@H](Cc1ccccc1)NC(=O)[C@@H]1CCCN1C(=O)[C@@H]1CCCN1C(=O)[C@@H](NC(=O)OCC1c2ccccc2-c2ccccc21)C(C)C)C(=O)N[C@@H](CCCNC(=N)N)C(=O)O. The molecule has 2 aliphatic heterocycles. The number of hydrogen-bond acceptors (Lipinski definition) is 9. The molecule has 3 aromatic rings. The Labute approximate surface area is 403 Å². The molecule has 18 heteroatoms. The lowest BCUT2D eigenvalue weighted by atomic mass is 9.98. The van der Waals surface area contributed by atoms with E-state index in [-0.39, 0.29) is 75.6 Å². The Morgan fingerprint density at radius 2 is 1.32 bits per heavy atom. The average molecular weight is 950 g/mol. The number of carboxylic acids is 1. The van der Waals surface area contributed by atoms with Crippen LogP contribution >= 0.6 is 0 Å². The Morgan fingerprint density at radius 3 is 1.93 bits per heavy atom. The van der Waals surface area contributed by atoms with Crippen LogP contribution in [-0.2, 0) is 39.9 Å². The van der Waals surface area contributed by atoms with Crippen molar-refractivity contribution in [3.63, 3.8) is 0 Å². The van der Waals surface area contributed by atoms with Gasteiger partial charge < -0.3 is 52.0 Å². The van der Waals surface area contributed by atoms with Crippen molar-refractivity contribution < 1.29 is 43.4 Å². The Hall–Kier alpha value is -6.98. The van der Waals surface area contributed by atoms with E-state index in [0.717, 1.165) is 27.8 Å². The fourth-order valence-corrected chi connectivity index (χ4v) is 9.60. The van der Waals surface area contributed by atoms with Gasteiger partial charge in [0.2, 0.25) is 29.5 Å². The van der Waals surface area contributed by atoms with Crippen LogP contribution < -0.4 is 32.3 Å². The van der Waals surface area contributed by atoms with Gasteiger partial charge in [0.1, 0.15) is 42.9 Å². The number of fused-ring (bicyclic) bond motifs is 3. The molecule has 0 radical (unpaired) electrons. The molecule has 0 bridgehead atoms. The van der Waals surface area contributed by atoms with E-state index in [4.69, 9.17) is 15.9 Å². The summed E-state index contributed by atoms with van der Waals surface area (Å²) < 4.78 is 5.79. The molecular formula is C51H67N9O9. The molecule has 9 N–H and O–H groups in total. The van der Waals surface area contributed by atoms with Crippen molar-refractivity contribution in [2.24, 2.45) is 17.6 Å². The van der Waals surface area contributed by atoms with Crippen LogP contribution in [0, 0.1) is 17.2 Å². The number of carbonyl (C=O) groups is 7. The van der Waals surface area contributed by atoms with Crippen LogP contribution in [0.5, 0.6) is 0 Å². The Bertz CT molecular complexity index is 2300. The quantitative estimate of drug-likeness (QED) is 0.0434. The second-order valence-electron chi connectivity index (χ2n) is 18.9. The fraction of sp³-hybridized carbons (Fsp3) is 0.490. The largest absolute Gasteiger partial charge is 0.480 e. The van der Waals surface area contributed by atoms with E-state index in [0.29, 0.717) is 25.7 Å². The first kappa shape index (κ1) is 51.4. The molecule has 3 aliphatic rings. The average Bonchev–Trinajstić information content (AvgIpc) is 4.09. The van der Waals surface area contributed by atoms with E-state index in [2.05, 4.69) is 26.6 Å². The summed E-state index contributed by atoms with van der Waals surface area (Å²) in [6.45, 7) is 8.16. The topological polar surface area (TPSA) is 265 Å². The number of guanidine groups is 1. The molecule has 0 unspecified atom stereocenters. The third kappa shape index (κ3) is 13.2. The molecule has 6 amide bonds. The summed E-state index contributed by atoms with van der Waals surface area (Å²) in [5.41, 5.74) is 10.3. The van der Waals surface area contributed by atoms with Crippen molar-refractivity contribution in [3.8, 4) is 11.1 Å². The van der Waals surface area contributed by atoms with Crippen LogP contribution in [0.1, 0.15) is 95.2 Å². The second-order valence-corrected chi connectivity index (χ2v) is 18.9. The van der Waals surface area contributed by atoms with Gasteiger partial charge in [-0.3, -0.25) is 29.4 Å². The number of amides is 6. The summed E-state index contributed by atoms with van der Waals surface area (Å²) in [6, 6.07) is 18.6. The Kier molecular flexibility index (Phi) is 17.8. The van der Waals surface area contributed by atoms with Crippen LogP contribution in [0.3, 0.4) is 0 Å². The number of nitrogens with two attached hydrogens (primary N) is 1. The zero-order valence-corrected chi connectivity index (χ0v) is 39.9. The molecule has 2 heterocycles. The molecule has 6 rings (SSSR count). The lowest BCUT2D eigenvalue weighted by molar-refractivity contribution is -0.148. The fourth-order valence-electron chi connectivity index (χ4n) is 9.60. The summed E-state index contributed by atoms with van der Waals surface area (Å²) in [7, 11) is 0. The van der Waals surface area contributed by atoms with Gasteiger partial charge >= 0.3 is 12.1 Å². The molecule has 0 spiro atoms. The number of rotatable bonds is 21. The van der Waals surface area contributed by atoms with E-state index >= 15 is 0 Å². The normalized spacial score (nSPS) is 18.1. The number of benzene rings is 3. The third-order valence-electron chi connectivity index (χ3n) is 13.1. The highest BCUT2D eigenvalue weighted by Gasteiger charge is 2.45. The monoisotopic (exact) mass is 950 g/mol. The molecule has 0 saturated carbocycles. The maximum Gasteiger partial charge on any atom is 0.407 e. The number of alkyl carbamates (subject to hydrolysis) is 1. The number of aliphatic carboxylic acids is 1. The van der Waals surface area contributed by atoms with Crippen molar-refractivity contribution in [3.05, 3.63) is 95.6 Å². The van der Waals surface area contributed by atoms with Gasteiger partial charge in [0.15, 0.2) is 5.96 Å². The number of nitrogens with zero attached hydrogens (tertiary/aromatic N) is 2. The van der Waals surface area contributed by atoms with E-state index in [1.165, 1.54) is 9.80 Å². The molecule has 1 aliphatic carbocycles. The van der Waals surface area contributed by atoms with Gasteiger partial charge in [0.05, 0.1) is 0 Å². The minimum absolute atomic E-state index is 0.0380. The number of carboxylic acid groups (broad SMARTS) is 1. The first-order chi connectivity index (χ1) is 33.0. The Balaban J connectivity index is 1.11. The second kappa shape index (κ2) is 23.8. The van der Waals surface area contributed by atoms with E-state index in [9.17, 15) is 38.7 Å². The van der Waals surface area contributed by atoms with Gasteiger partial charge in [-0.25, -0.2) is 9.59 Å². The lowest BCUT2D eigenvalue weighted by Gasteiger charge is -2.34. The van der Waals surface area contributed by atoms with Gasteiger partial charge in [-0.05, 0) is 84.6 Å². The van der Waals surface area contributed by atoms with Gasteiger partial charge in [0, 0.05) is 32.0 Å². The van der Waals surface area contributed by atoms with Crippen molar-refractivity contribution in [2.75, 3.05) is 26.2 Å². The molecule has 370 valence electrons. The third-order valence-corrected chi connectivity index (χ3v) is 13.1. The van der Waals surface area contributed by atoms with Crippen LogP contribution in [-0.4, -0.2) is 125 Å². The lowest BCUT2D eigenvalue weighted by Crippen LogP contribution is -2.59.